The number of benzene rings is 1. The molecule has 106 valence electrons. The number of hydrogen-bond donors (Lipinski definition) is 0. The topological polar surface area (TPSA) is 50.5 Å². The minimum Gasteiger partial charge on any atom is -0.334 e. The predicted octanol–water partition coefficient (Wildman–Crippen LogP) is 2.76. The van der Waals surface area contributed by atoms with E-state index in [9.17, 15) is 4.79 Å². The van der Waals surface area contributed by atoms with Crippen molar-refractivity contribution >= 4 is 27.5 Å². The Morgan fingerprint density at radius 3 is 2.71 bits per heavy atom. The SMILES string of the molecule is CN(Cc1nnc2ccccn12)C(=O)c1ccc(Br)cc1. The summed E-state index contributed by atoms with van der Waals surface area (Å²) in [4.78, 5) is 14.0. The van der Waals surface area contributed by atoms with Crippen LogP contribution in [0.1, 0.15) is 16.2 Å². The van der Waals surface area contributed by atoms with Crippen molar-refractivity contribution in [3.63, 3.8) is 0 Å². The lowest BCUT2D eigenvalue weighted by Crippen LogP contribution is -2.27. The van der Waals surface area contributed by atoms with Crippen molar-refractivity contribution in [2.45, 2.75) is 6.54 Å². The number of nitrogens with zero attached hydrogens (tertiary/aromatic N) is 4. The van der Waals surface area contributed by atoms with E-state index in [-0.39, 0.29) is 5.91 Å². The van der Waals surface area contributed by atoms with Gasteiger partial charge in [-0.3, -0.25) is 9.20 Å². The van der Waals surface area contributed by atoms with Gasteiger partial charge in [-0.15, -0.1) is 10.2 Å². The summed E-state index contributed by atoms with van der Waals surface area (Å²) in [6, 6.07) is 13.0. The second-order valence-electron chi connectivity index (χ2n) is 4.71. The van der Waals surface area contributed by atoms with E-state index in [1.165, 1.54) is 0 Å². The second kappa shape index (κ2) is 5.65. The van der Waals surface area contributed by atoms with Crippen LogP contribution in [0.3, 0.4) is 0 Å². The summed E-state index contributed by atoms with van der Waals surface area (Å²) in [6.45, 7) is 0.403. The molecular weight excluding hydrogens is 332 g/mol. The van der Waals surface area contributed by atoms with Crippen LogP contribution in [0, 0.1) is 0 Å². The highest BCUT2D eigenvalue weighted by Gasteiger charge is 2.14. The fourth-order valence-corrected chi connectivity index (χ4v) is 2.36. The van der Waals surface area contributed by atoms with Crippen LogP contribution >= 0.6 is 15.9 Å². The highest BCUT2D eigenvalue weighted by Crippen LogP contribution is 2.13. The van der Waals surface area contributed by atoms with Gasteiger partial charge in [0.15, 0.2) is 11.5 Å². The molecule has 0 aliphatic heterocycles. The van der Waals surface area contributed by atoms with Crippen molar-refractivity contribution in [1.82, 2.24) is 19.5 Å². The normalized spacial score (nSPS) is 10.8. The molecule has 0 aliphatic carbocycles. The van der Waals surface area contributed by atoms with Crippen LogP contribution in [0.5, 0.6) is 0 Å². The smallest absolute Gasteiger partial charge is 0.254 e. The maximum Gasteiger partial charge on any atom is 0.254 e. The Balaban J connectivity index is 1.81. The van der Waals surface area contributed by atoms with E-state index >= 15 is 0 Å². The summed E-state index contributed by atoms with van der Waals surface area (Å²) in [5.41, 5.74) is 1.42. The van der Waals surface area contributed by atoms with Crippen molar-refractivity contribution in [2.24, 2.45) is 0 Å². The molecule has 0 radical (unpaired) electrons. The third kappa shape index (κ3) is 2.80. The van der Waals surface area contributed by atoms with Crippen molar-refractivity contribution in [3.8, 4) is 0 Å². The fourth-order valence-electron chi connectivity index (χ4n) is 2.10. The number of carbonyl (C=O) groups excluding carboxylic acids is 1. The standard InChI is InChI=1S/C15H13BrN4O/c1-19(15(21)11-5-7-12(16)8-6-11)10-14-18-17-13-4-2-3-9-20(13)14/h2-9H,10H2,1H3. The molecule has 0 saturated heterocycles. The molecule has 0 aliphatic rings. The van der Waals surface area contributed by atoms with E-state index in [0.29, 0.717) is 12.1 Å². The number of fused-ring (bicyclic) bond motifs is 1. The van der Waals surface area contributed by atoms with Crippen LogP contribution < -0.4 is 0 Å². The lowest BCUT2D eigenvalue weighted by Gasteiger charge is -2.16. The summed E-state index contributed by atoms with van der Waals surface area (Å²) in [5, 5.41) is 8.22. The largest absolute Gasteiger partial charge is 0.334 e. The number of rotatable bonds is 3. The molecule has 21 heavy (non-hydrogen) atoms. The number of hydrogen-bond acceptors (Lipinski definition) is 3. The molecular formula is C15H13BrN4O. The number of amides is 1. The molecule has 0 fully saturated rings. The maximum absolute atomic E-state index is 12.4. The Bertz CT molecular complexity index is 782. The maximum atomic E-state index is 12.4. The van der Waals surface area contributed by atoms with Crippen LogP contribution in [0.2, 0.25) is 0 Å². The average molecular weight is 345 g/mol. The van der Waals surface area contributed by atoms with Gasteiger partial charge in [-0.25, -0.2) is 0 Å². The highest BCUT2D eigenvalue weighted by atomic mass is 79.9. The summed E-state index contributed by atoms with van der Waals surface area (Å²) in [6.07, 6.45) is 1.89. The number of carbonyl (C=O) groups is 1. The van der Waals surface area contributed by atoms with E-state index in [4.69, 9.17) is 0 Å². The minimum absolute atomic E-state index is 0.0461. The van der Waals surface area contributed by atoms with Crippen LogP contribution in [0.25, 0.3) is 5.65 Å². The van der Waals surface area contributed by atoms with E-state index in [2.05, 4.69) is 26.1 Å². The van der Waals surface area contributed by atoms with Crippen molar-refractivity contribution < 1.29 is 4.79 Å². The predicted molar refractivity (Wildman–Crippen MR) is 82.9 cm³/mol. The van der Waals surface area contributed by atoms with Crippen LogP contribution in [0.15, 0.2) is 53.1 Å². The zero-order valence-electron chi connectivity index (χ0n) is 11.4. The van der Waals surface area contributed by atoms with Gasteiger partial charge in [-0.1, -0.05) is 22.0 Å². The molecule has 1 aromatic carbocycles. The van der Waals surface area contributed by atoms with Crippen LogP contribution in [0.4, 0.5) is 0 Å². The first kappa shape index (κ1) is 13.8. The van der Waals surface area contributed by atoms with Gasteiger partial charge >= 0.3 is 0 Å². The van der Waals surface area contributed by atoms with Crippen molar-refractivity contribution in [3.05, 3.63) is 64.5 Å². The summed E-state index contributed by atoms with van der Waals surface area (Å²) in [5.74, 6) is 0.689. The minimum atomic E-state index is -0.0461. The Morgan fingerprint density at radius 2 is 1.95 bits per heavy atom. The van der Waals surface area contributed by atoms with Gasteiger partial charge in [0.25, 0.3) is 5.91 Å². The average Bonchev–Trinajstić information content (AvgIpc) is 2.91. The Hall–Kier alpha value is -2.21. The van der Waals surface area contributed by atoms with E-state index in [1.54, 1.807) is 24.1 Å². The van der Waals surface area contributed by atoms with Gasteiger partial charge < -0.3 is 4.90 Å². The third-order valence-electron chi connectivity index (χ3n) is 3.20. The Kier molecular flexibility index (Phi) is 3.70. The van der Waals surface area contributed by atoms with Crippen molar-refractivity contribution in [2.75, 3.05) is 7.05 Å². The molecule has 2 heterocycles. The molecule has 0 atom stereocenters. The van der Waals surface area contributed by atoms with Crippen LogP contribution in [-0.2, 0) is 6.54 Å². The monoisotopic (exact) mass is 344 g/mol. The lowest BCUT2D eigenvalue weighted by atomic mass is 10.2. The first-order valence-electron chi connectivity index (χ1n) is 6.45. The summed E-state index contributed by atoms with van der Waals surface area (Å²) < 4.78 is 2.83. The van der Waals surface area contributed by atoms with Crippen molar-refractivity contribution in [1.29, 1.82) is 0 Å². The van der Waals surface area contributed by atoms with Gasteiger partial charge in [0.05, 0.1) is 6.54 Å². The number of pyridine rings is 1. The third-order valence-corrected chi connectivity index (χ3v) is 3.73. The molecule has 1 amide bonds. The quantitative estimate of drug-likeness (QED) is 0.734. The molecule has 0 bridgehead atoms. The summed E-state index contributed by atoms with van der Waals surface area (Å²) >= 11 is 3.36. The van der Waals surface area contributed by atoms with Gasteiger partial charge in [-0.05, 0) is 36.4 Å². The first-order valence-corrected chi connectivity index (χ1v) is 7.24. The zero-order valence-corrected chi connectivity index (χ0v) is 13.0. The first-order chi connectivity index (χ1) is 10.1. The molecule has 0 unspecified atom stereocenters. The second-order valence-corrected chi connectivity index (χ2v) is 5.63. The van der Waals surface area contributed by atoms with Gasteiger partial charge in [0.1, 0.15) is 0 Å². The van der Waals surface area contributed by atoms with E-state index < -0.39 is 0 Å². The Morgan fingerprint density at radius 1 is 1.19 bits per heavy atom. The van der Waals surface area contributed by atoms with Gasteiger partial charge in [-0.2, -0.15) is 0 Å². The molecule has 0 N–H and O–H groups in total. The Labute approximate surface area is 130 Å². The molecule has 2 aromatic heterocycles. The van der Waals surface area contributed by atoms with E-state index in [1.807, 2.05) is 40.9 Å². The lowest BCUT2D eigenvalue weighted by molar-refractivity contribution is 0.0781. The molecule has 5 nitrogen and oxygen atoms in total. The van der Waals surface area contributed by atoms with E-state index in [0.717, 1.165) is 15.9 Å². The molecule has 0 saturated carbocycles. The number of aromatic nitrogens is 3. The number of halogens is 1. The van der Waals surface area contributed by atoms with Gasteiger partial charge in [0.2, 0.25) is 0 Å². The molecule has 3 rings (SSSR count). The highest BCUT2D eigenvalue weighted by molar-refractivity contribution is 9.10. The molecule has 6 heteroatoms. The van der Waals surface area contributed by atoms with Gasteiger partial charge in [0, 0.05) is 23.3 Å². The summed E-state index contributed by atoms with van der Waals surface area (Å²) in [7, 11) is 1.76. The molecule has 0 spiro atoms. The fraction of sp³-hybridized carbons (Fsp3) is 0.133. The van der Waals surface area contributed by atoms with Crippen LogP contribution in [-0.4, -0.2) is 32.5 Å². The molecule has 3 aromatic rings. The zero-order chi connectivity index (χ0) is 14.8.